The van der Waals surface area contributed by atoms with Gasteiger partial charge in [0.15, 0.2) is 0 Å². The Morgan fingerprint density at radius 1 is 0.906 bits per heavy atom. The summed E-state index contributed by atoms with van der Waals surface area (Å²) in [5.74, 6) is 1.54. The highest BCUT2D eigenvalue weighted by Gasteiger charge is 2.14. The summed E-state index contributed by atoms with van der Waals surface area (Å²) in [6.45, 7) is 7.41. The Hall–Kier alpha value is -3.13. The van der Waals surface area contributed by atoms with E-state index in [1.165, 1.54) is 12.1 Å². The van der Waals surface area contributed by atoms with Gasteiger partial charge in [0.05, 0.1) is 23.8 Å². The number of unbranched alkanes of at least 4 members (excludes halogenated alkanes) is 1. The number of sulfonamides is 1. The molecule has 0 aliphatic heterocycles. The van der Waals surface area contributed by atoms with Crippen molar-refractivity contribution >= 4 is 15.7 Å². The van der Waals surface area contributed by atoms with Crippen molar-refractivity contribution in [3.05, 3.63) is 60.7 Å². The molecule has 1 aromatic heterocycles. The summed E-state index contributed by atoms with van der Waals surface area (Å²) in [5.41, 5.74) is 1.96. The van der Waals surface area contributed by atoms with Gasteiger partial charge in [0.1, 0.15) is 5.75 Å². The average Bonchev–Trinajstić information content (AvgIpc) is 2.79. The van der Waals surface area contributed by atoms with Crippen LogP contribution in [-0.4, -0.2) is 31.8 Å². The van der Waals surface area contributed by atoms with Crippen LogP contribution in [0.2, 0.25) is 0 Å². The lowest BCUT2D eigenvalue weighted by Gasteiger charge is -2.10. The highest BCUT2D eigenvalue weighted by Crippen LogP contribution is 2.23. The lowest BCUT2D eigenvalue weighted by molar-refractivity contribution is 0.258. The Kier molecular flexibility index (Phi) is 8.05. The van der Waals surface area contributed by atoms with Gasteiger partial charge in [0.2, 0.25) is 5.88 Å². The second kappa shape index (κ2) is 10.9. The molecular formula is C24H29N3O4S. The molecular weight excluding hydrogens is 426 g/mol. The predicted molar refractivity (Wildman–Crippen MR) is 125 cm³/mol. The topological polar surface area (TPSA) is 90.4 Å². The van der Waals surface area contributed by atoms with E-state index in [1.54, 1.807) is 42.5 Å². The van der Waals surface area contributed by atoms with E-state index in [2.05, 4.69) is 35.7 Å². The van der Waals surface area contributed by atoms with Crippen LogP contribution in [-0.2, 0) is 10.0 Å². The summed E-state index contributed by atoms with van der Waals surface area (Å²) in [6, 6.07) is 17.0. The number of nitrogens with one attached hydrogen (secondary N) is 1. The highest BCUT2D eigenvalue weighted by molar-refractivity contribution is 7.92. The van der Waals surface area contributed by atoms with Gasteiger partial charge in [-0.25, -0.2) is 8.42 Å². The monoisotopic (exact) mass is 455 g/mol. The second-order valence-corrected chi connectivity index (χ2v) is 9.50. The maximum absolute atomic E-state index is 12.7. The fraction of sp³-hybridized carbons (Fsp3) is 0.333. The van der Waals surface area contributed by atoms with Crippen LogP contribution in [0.3, 0.4) is 0 Å². The summed E-state index contributed by atoms with van der Waals surface area (Å²) in [6.07, 6.45) is 2.00. The lowest BCUT2D eigenvalue weighted by Crippen LogP contribution is -2.12. The largest absolute Gasteiger partial charge is 0.494 e. The molecule has 1 heterocycles. The molecule has 2 aromatic carbocycles. The summed E-state index contributed by atoms with van der Waals surface area (Å²) in [5, 5.41) is 8.27. The third-order valence-corrected chi connectivity index (χ3v) is 5.94. The van der Waals surface area contributed by atoms with Gasteiger partial charge in [-0.05, 0) is 54.8 Å². The first-order chi connectivity index (χ1) is 15.4. The summed E-state index contributed by atoms with van der Waals surface area (Å²) >= 11 is 0. The van der Waals surface area contributed by atoms with Crippen LogP contribution < -0.4 is 14.2 Å². The summed E-state index contributed by atoms with van der Waals surface area (Å²) in [4.78, 5) is 0.173. The SMILES string of the molecule is CCCCOc1ccc(S(=O)(=O)Nc2ccc(-c3ccc(OCC(C)C)nn3)cc2)cc1. The van der Waals surface area contributed by atoms with Crippen molar-refractivity contribution in [2.24, 2.45) is 5.92 Å². The zero-order valence-electron chi connectivity index (χ0n) is 18.6. The number of anilines is 1. The van der Waals surface area contributed by atoms with Gasteiger partial charge in [-0.15, -0.1) is 10.2 Å². The highest BCUT2D eigenvalue weighted by atomic mass is 32.2. The van der Waals surface area contributed by atoms with Gasteiger partial charge < -0.3 is 9.47 Å². The standard InChI is InChI=1S/C24H29N3O4S/c1-4-5-16-30-21-10-12-22(13-11-21)32(28,29)27-20-8-6-19(7-9-20)23-14-15-24(26-25-23)31-17-18(2)3/h6-15,18,27H,4-5,16-17H2,1-3H3. The Bertz CT molecular complexity index is 1080. The molecule has 3 aromatic rings. The van der Waals surface area contributed by atoms with Crippen LogP contribution in [0.25, 0.3) is 11.3 Å². The fourth-order valence-electron chi connectivity index (χ4n) is 2.78. The number of hydrogen-bond donors (Lipinski definition) is 1. The van der Waals surface area contributed by atoms with Crippen LogP contribution in [0.15, 0.2) is 65.6 Å². The zero-order chi connectivity index (χ0) is 23.0. The molecule has 7 nitrogen and oxygen atoms in total. The van der Waals surface area contributed by atoms with Crippen molar-refractivity contribution in [3.63, 3.8) is 0 Å². The Balaban J connectivity index is 1.63. The summed E-state index contributed by atoms with van der Waals surface area (Å²) < 4.78 is 39.1. The van der Waals surface area contributed by atoms with Crippen molar-refractivity contribution in [1.29, 1.82) is 0 Å². The first kappa shape index (κ1) is 23.5. The van der Waals surface area contributed by atoms with Crippen LogP contribution >= 0.6 is 0 Å². The van der Waals surface area contributed by atoms with E-state index in [1.807, 2.05) is 6.07 Å². The van der Waals surface area contributed by atoms with E-state index < -0.39 is 10.0 Å². The summed E-state index contributed by atoms with van der Waals surface area (Å²) in [7, 11) is -3.70. The molecule has 0 atom stereocenters. The van der Waals surface area contributed by atoms with E-state index in [9.17, 15) is 8.42 Å². The number of rotatable bonds is 11. The van der Waals surface area contributed by atoms with Crippen molar-refractivity contribution in [3.8, 4) is 22.9 Å². The molecule has 0 unspecified atom stereocenters. The first-order valence-electron chi connectivity index (χ1n) is 10.7. The molecule has 0 spiro atoms. The number of ether oxygens (including phenoxy) is 2. The minimum atomic E-state index is -3.70. The number of benzene rings is 2. The predicted octanol–water partition coefficient (Wildman–Crippen LogP) is 5.16. The van der Waals surface area contributed by atoms with Crippen molar-refractivity contribution in [2.45, 2.75) is 38.5 Å². The zero-order valence-corrected chi connectivity index (χ0v) is 19.4. The number of aromatic nitrogens is 2. The molecule has 0 aliphatic carbocycles. The normalized spacial score (nSPS) is 11.4. The molecule has 0 fully saturated rings. The molecule has 0 radical (unpaired) electrons. The Labute approximate surface area is 189 Å². The van der Waals surface area contributed by atoms with Gasteiger partial charge >= 0.3 is 0 Å². The Morgan fingerprint density at radius 3 is 2.22 bits per heavy atom. The molecule has 0 saturated heterocycles. The lowest BCUT2D eigenvalue weighted by atomic mass is 10.1. The van der Waals surface area contributed by atoms with Gasteiger partial charge in [-0.2, -0.15) is 0 Å². The van der Waals surface area contributed by atoms with Crippen molar-refractivity contribution in [1.82, 2.24) is 10.2 Å². The molecule has 3 rings (SSSR count). The van der Waals surface area contributed by atoms with Crippen LogP contribution in [0, 0.1) is 5.92 Å². The first-order valence-corrected chi connectivity index (χ1v) is 12.2. The third kappa shape index (κ3) is 6.68. The minimum Gasteiger partial charge on any atom is -0.494 e. The van der Waals surface area contributed by atoms with E-state index in [0.29, 0.717) is 42.1 Å². The van der Waals surface area contributed by atoms with Gasteiger partial charge in [-0.1, -0.05) is 39.3 Å². The fourth-order valence-corrected chi connectivity index (χ4v) is 3.83. The molecule has 0 aliphatic rings. The van der Waals surface area contributed by atoms with Crippen molar-refractivity contribution in [2.75, 3.05) is 17.9 Å². The van der Waals surface area contributed by atoms with Gasteiger partial charge in [-0.3, -0.25) is 4.72 Å². The molecule has 0 amide bonds. The minimum absolute atomic E-state index is 0.173. The van der Waals surface area contributed by atoms with E-state index in [-0.39, 0.29) is 4.90 Å². The van der Waals surface area contributed by atoms with E-state index in [4.69, 9.17) is 9.47 Å². The molecule has 170 valence electrons. The molecule has 32 heavy (non-hydrogen) atoms. The molecule has 1 N–H and O–H groups in total. The second-order valence-electron chi connectivity index (χ2n) is 7.82. The molecule has 0 saturated carbocycles. The van der Waals surface area contributed by atoms with E-state index >= 15 is 0 Å². The number of nitrogens with zero attached hydrogens (tertiary/aromatic N) is 2. The molecule has 8 heteroatoms. The average molecular weight is 456 g/mol. The molecule has 0 bridgehead atoms. The van der Waals surface area contributed by atoms with Crippen molar-refractivity contribution < 1.29 is 17.9 Å². The van der Waals surface area contributed by atoms with Gasteiger partial charge in [0.25, 0.3) is 10.0 Å². The number of hydrogen-bond acceptors (Lipinski definition) is 6. The van der Waals surface area contributed by atoms with E-state index in [0.717, 1.165) is 18.4 Å². The van der Waals surface area contributed by atoms with Gasteiger partial charge in [0, 0.05) is 17.3 Å². The third-order valence-electron chi connectivity index (χ3n) is 4.54. The maximum Gasteiger partial charge on any atom is 0.261 e. The van der Waals surface area contributed by atoms with Crippen LogP contribution in [0.1, 0.15) is 33.6 Å². The Morgan fingerprint density at radius 2 is 1.62 bits per heavy atom. The van der Waals surface area contributed by atoms with Crippen LogP contribution in [0.4, 0.5) is 5.69 Å². The maximum atomic E-state index is 12.7. The smallest absolute Gasteiger partial charge is 0.261 e. The van der Waals surface area contributed by atoms with Crippen LogP contribution in [0.5, 0.6) is 11.6 Å². The quantitative estimate of drug-likeness (QED) is 0.402.